The molecule has 0 fully saturated rings. The lowest BCUT2D eigenvalue weighted by molar-refractivity contribution is -0.121. The molecular weight excluding hydrogens is 298 g/mol. The summed E-state index contributed by atoms with van der Waals surface area (Å²) in [6.45, 7) is 3.65. The zero-order chi connectivity index (χ0) is 14.8. The number of aromatic nitrogens is 2. The second-order valence-electron chi connectivity index (χ2n) is 4.68. The summed E-state index contributed by atoms with van der Waals surface area (Å²) in [5, 5.41) is 2.67. The van der Waals surface area contributed by atoms with Gasteiger partial charge in [0.25, 0.3) is 0 Å². The molecule has 1 aromatic carbocycles. The van der Waals surface area contributed by atoms with Crippen molar-refractivity contribution in [3.8, 4) is 0 Å². The first-order chi connectivity index (χ1) is 9.40. The SMILES string of the molecule is CC(C)NC(=O)CCS(=O)(=O)c1cccc2nsnc12. The van der Waals surface area contributed by atoms with E-state index in [0.29, 0.717) is 11.0 Å². The number of carbonyl (C=O) groups excluding carboxylic acids is 1. The molecule has 1 aromatic heterocycles. The average Bonchev–Trinajstić information content (AvgIpc) is 2.83. The van der Waals surface area contributed by atoms with Crippen LogP contribution in [0, 0.1) is 0 Å². The molecule has 0 saturated heterocycles. The minimum atomic E-state index is -3.54. The van der Waals surface area contributed by atoms with Gasteiger partial charge in [-0.05, 0) is 26.0 Å². The van der Waals surface area contributed by atoms with Crippen molar-refractivity contribution in [2.45, 2.75) is 31.2 Å². The van der Waals surface area contributed by atoms with Crippen molar-refractivity contribution in [2.75, 3.05) is 5.75 Å². The lowest BCUT2D eigenvalue weighted by Gasteiger charge is -2.08. The van der Waals surface area contributed by atoms with Crippen LogP contribution < -0.4 is 5.32 Å². The van der Waals surface area contributed by atoms with Crippen LogP contribution in [-0.4, -0.2) is 34.9 Å². The van der Waals surface area contributed by atoms with E-state index in [1.54, 1.807) is 12.1 Å². The fraction of sp³-hybridized carbons (Fsp3) is 0.417. The Morgan fingerprint density at radius 2 is 2.10 bits per heavy atom. The van der Waals surface area contributed by atoms with Crippen LogP contribution in [0.25, 0.3) is 11.0 Å². The maximum atomic E-state index is 12.3. The van der Waals surface area contributed by atoms with Crippen LogP contribution in [0.1, 0.15) is 20.3 Å². The first kappa shape index (κ1) is 14.9. The van der Waals surface area contributed by atoms with Crippen molar-refractivity contribution in [1.82, 2.24) is 14.1 Å². The van der Waals surface area contributed by atoms with Crippen LogP contribution in [0.15, 0.2) is 23.1 Å². The third-order valence-electron chi connectivity index (χ3n) is 2.63. The normalized spacial score (nSPS) is 11.9. The van der Waals surface area contributed by atoms with Crippen molar-refractivity contribution >= 4 is 38.5 Å². The van der Waals surface area contributed by atoms with Crippen molar-refractivity contribution in [2.24, 2.45) is 0 Å². The number of hydrogen-bond acceptors (Lipinski definition) is 6. The highest BCUT2D eigenvalue weighted by Crippen LogP contribution is 2.22. The lowest BCUT2D eigenvalue weighted by Crippen LogP contribution is -2.31. The van der Waals surface area contributed by atoms with Crippen LogP contribution in [0.3, 0.4) is 0 Å². The van der Waals surface area contributed by atoms with Crippen LogP contribution >= 0.6 is 11.7 Å². The summed E-state index contributed by atoms with van der Waals surface area (Å²) in [6, 6.07) is 4.84. The predicted octanol–water partition coefficient (Wildman–Crippen LogP) is 1.38. The summed E-state index contributed by atoms with van der Waals surface area (Å²) in [6.07, 6.45) is -0.0610. The number of carbonyl (C=O) groups is 1. The van der Waals surface area contributed by atoms with E-state index in [9.17, 15) is 13.2 Å². The fourth-order valence-corrected chi connectivity index (χ4v) is 3.78. The molecule has 0 saturated carbocycles. The molecule has 1 heterocycles. The zero-order valence-electron chi connectivity index (χ0n) is 11.2. The Hall–Kier alpha value is -1.54. The van der Waals surface area contributed by atoms with Gasteiger partial charge in [-0.1, -0.05) is 6.07 Å². The van der Waals surface area contributed by atoms with Crippen LogP contribution in [0.2, 0.25) is 0 Å². The highest BCUT2D eigenvalue weighted by Gasteiger charge is 2.21. The fourth-order valence-electron chi connectivity index (χ4n) is 1.76. The van der Waals surface area contributed by atoms with Crippen LogP contribution in [-0.2, 0) is 14.6 Å². The first-order valence-electron chi connectivity index (χ1n) is 6.13. The minimum Gasteiger partial charge on any atom is -0.354 e. The third kappa shape index (κ3) is 3.31. The van der Waals surface area contributed by atoms with Gasteiger partial charge in [0.05, 0.1) is 22.4 Å². The van der Waals surface area contributed by atoms with E-state index in [1.165, 1.54) is 6.07 Å². The van der Waals surface area contributed by atoms with Gasteiger partial charge in [-0.15, -0.1) is 0 Å². The lowest BCUT2D eigenvalue weighted by atomic mass is 10.3. The largest absolute Gasteiger partial charge is 0.354 e. The van der Waals surface area contributed by atoms with Crippen molar-refractivity contribution in [3.05, 3.63) is 18.2 Å². The summed E-state index contributed by atoms with van der Waals surface area (Å²) in [7, 11) is -3.54. The van der Waals surface area contributed by atoms with E-state index in [0.717, 1.165) is 11.7 Å². The van der Waals surface area contributed by atoms with Crippen LogP contribution in [0.4, 0.5) is 0 Å². The summed E-state index contributed by atoms with van der Waals surface area (Å²) in [5.74, 6) is -0.505. The molecule has 0 unspecified atom stereocenters. The van der Waals surface area contributed by atoms with Gasteiger partial charge in [0.2, 0.25) is 5.91 Å². The smallest absolute Gasteiger partial charge is 0.221 e. The molecule has 20 heavy (non-hydrogen) atoms. The van der Waals surface area contributed by atoms with E-state index >= 15 is 0 Å². The standard InChI is InChI=1S/C12H15N3O3S2/c1-8(2)13-11(16)6-7-20(17,18)10-5-3-4-9-12(10)15-19-14-9/h3-5,8H,6-7H2,1-2H3,(H,13,16). The Balaban J connectivity index is 2.19. The predicted molar refractivity (Wildman–Crippen MR) is 77.4 cm³/mol. The molecule has 108 valence electrons. The van der Waals surface area contributed by atoms with E-state index in [1.807, 2.05) is 13.8 Å². The molecule has 6 nitrogen and oxygen atoms in total. The highest BCUT2D eigenvalue weighted by atomic mass is 32.2. The van der Waals surface area contributed by atoms with Gasteiger partial charge >= 0.3 is 0 Å². The second kappa shape index (κ2) is 5.84. The monoisotopic (exact) mass is 313 g/mol. The van der Waals surface area contributed by atoms with E-state index in [4.69, 9.17) is 0 Å². The molecule has 0 aliphatic rings. The maximum absolute atomic E-state index is 12.3. The highest BCUT2D eigenvalue weighted by molar-refractivity contribution is 7.91. The van der Waals surface area contributed by atoms with Crippen molar-refractivity contribution < 1.29 is 13.2 Å². The maximum Gasteiger partial charge on any atom is 0.221 e. The number of amides is 1. The zero-order valence-corrected chi connectivity index (χ0v) is 12.8. The van der Waals surface area contributed by atoms with E-state index < -0.39 is 9.84 Å². The Morgan fingerprint density at radius 1 is 1.35 bits per heavy atom. The van der Waals surface area contributed by atoms with Gasteiger partial charge in [-0.3, -0.25) is 4.79 Å². The summed E-state index contributed by atoms with van der Waals surface area (Å²) < 4.78 is 32.6. The topological polar surface area (TPSA) is 89.0 Å². The Morgan fingerprint density at radius 3 is 2.80 bits per heavy atom. The number of nitrogens with one attached hydrogen (secondary N) is 1. The molecule has 0 aliphatic heterocycles. The molecule has 2 rings (SSSR count). The minimum absolute atomic E-state index is 0.00336. The quantitative estimate of drug-likeness (QED) is 0.901. The number of nitrogens with zero attached hydrogens (tertiary/aromatic N) is 2. The number of benzene rings is 1. The van der Waals surface area contributed by atoms with E-state index in [2.05, 4.69) is 14.1 Å². The Labute approximate surface area is 121 Å². The number of fused-ring (bicyclic) bond motifs is 1. The Bertz CT molecular complexity index is 722. The molecule has 8 heteroatoms. The number of rotatable bonds is 5. The second-order valence-corrected chi connectivity index (χ2v) is 7.29. The molecule has 0 aliphatic carbocycles. The van der Waals surface area contributed by atoms with Crippen molar-refractivity contribution in [1.29, 1.82) is 0 Å². The molecule has 2 aromatic rings. The number of hydrogen-bond donors (Lipinski definition) is 1. The molecular formula is C12H15N3O3S2. The van der Waals surface area contributed by atoms with Gasteiger partial charge in [-0.2, -0.15) is 8.75 Å². The van der Waals surface area contributed by atoms with Gasteiger partial charge in [0, 0.05) is 12.5 Å². The van der Waals surface area contributed by atoms with Gasteiger partial charge in [0.1, 0.15) is 11.0 Å². The van der Waals surface area contributed by atoms with Gasteiger partial charge in [-0.25, -0.2) is 8.42 Å². The molecule has 0 radical (unpaired) electrons. The molecule has 1 amide bonds. The molecule has 0 spiro atoms. The summed E-state index contributed by atoms with van der Waals surface area (Å²) >= 11 is 0.972. The van der Waals surface area contributed by atoms with Crippen LogP contribution in [0.5, 0.6) is 0 Å². The number of sulfone groups is 1. The Kier molecular flexibility index (Phi) is 4.34. The van der Waals surface area contributed by atoms with E-state index in [-0.39, 0.29) is 29.0 Å². The van der Waals surface area contributed by atoms with Crippen molar-refractivity contribution in [3.63, 3.8) is 0 Å². The first-order valence-corrected chi connectivity index (χ1v) is 8.52. The van der Waals surface area contributed by atoms with Gasteiger partial charge in [0.15, 0.2) is 9.84 Å². The average molecular weight is 313 g/mol. The summed E-state index contributed by atoms with van der Waals surface area (Å²) in [4.78, 5) is 11.7. The third-order valence-corrected chi connectivity index (χ3v) is 4.92. The summed E-state index contributed by atoms with van der Waals surface area (Å²) in [5.41, 5.74) is 0.935. The van der Waals surface area contributed by atoms with Gasteiger partial charge < -0.3 is 5.32 Å². The molecule has 1 N–H and O–H groups in total. The molecule has 0 atom stereocenters. The molecule has 0 bridgehead atoms.